The van der Waals surface area contributed by atoms with Gasteiger partial charge in [0, 0.05) is 26.1 Å². The number of ether oxygens (including phenoxy) is 3. The molecule has 2 amide bonds. The molecule has 0 aromatic heterocycles. The summed E-state index contributed by atoms with van der Waals surface area (Å²) in [5.41, 5.74) is 0.937. The fourth-order valence-corrected chi connectivity index (χ4v) is 4.31. The van der Waals surface area contributed by atoms with Crippen molar-refractivity contribution in [2.45, 2.75) is 51.0 Å². The average molecular weight is 405 g/mol. The van der Waals surface area contributed by atoms with Crippen LogP contribution in [0.1, 0.15) is 44.1 Å². The van der Waals surface area contributed by atoms with Crippen molar-refractivity contribution in [2.24, 2.45) is 0 Å². The Morgan fingerprint density at radius 2 is 1.55 bits per heavy atom. The van der Waals surface area contributed by atoms with Crippen LogP contribution >= 0.6 is 0 Å². The first-order chi connectivity index (χ1) is 14.1. The third-order valence-electron chi connectivity index (χ3n) is 5.88. The summed E-state index contributed by atoms with van der Waals surface area (Å²) in [6, 6.07) is 3.45. The number of carbonyl (C=O) groups excluding carboxylic acids is 2. The van der Waals surface area contributed by atoms with Crippen LogP contribution in [0.25, 0.3) is 0 Å². The Morgan fingerprint density at radius 3 is 2.14 bits per heavy atom. The summed E-state index contributed by atoms with van der Waals surface area (Å²) in [4.78, 5) is 29.6. The Morgan fingerprint density at radius 1 is 0.931 bits per heavy atom. The van der Waals surface area contributed by atoms with E-state index in [1.807, 2.05) is 21.9 Å². The van der Waals surface area contributed by atoms with Crippen LogP contribution in [0.3, 0.4) is 0 Å². The molecule has 0 aliphatic carbocycles. The van der Waals surface area contributed by atoms with Gasteiger partial charge in [0.25, 0.3) is 0 Å². The lowest BCUT2D eigenvalue weighted by atomic mass is 9.99. The Balaban J connectivity index is 1.68. The molecule has 7 heteroatoms. The second-order valence-electron chi connectivity index (χ2n) is 7.66. The molecular weight excluding hydrogens is 372 g/mol. The van der Waals surface area contributed by atoms with E-state index in [2.05, 4.69) is 0 Å². The molecule has 2 aliphatic heterocycles. The fourth-order valence-electron chi connectivity index (χ4n) is 4.31. The zero-order chi connectivity index (χ0) is 20.8. The number of hydrogen-bond donors (Lipinski definition) is 0. The van der Waals surface area contributed by atoms with Gasteiger partial charge in [0.2, 0.25) is 17.6 Å². The van der Waals surface area contributed by atoms with Crippen LogP contribution in [-0.2, 0) is 16.0 Å². The maximum atomic E-state index is 13.0. The summed E-state index contributed by atoms with van der Waals surface area (Å²) >= 11 is 0. The van der Waals surface area contributed by atoms with Crippen molar-refractivity contribution in [2.75, 3.05) is 41.0 Å². The molecule has 2 saturated heterocycles. The minimum Gasteiger partial charge on any atom is -0.493 e. The monoisotopic (exact) mass is 404 g/mol. The number of rotatable bonds is 7. The Hall–Kier alpha value is -2.44. The Kier molecular flexibility index (Phi) is 7.23. The maximum Gasteiger partial charge on any atom is 0.245 e. The molecule has 0 N–H and O–H groups in total. The molecule has 2 fully saturated rings. The predicted octanol–water partition coefficient (Wildman–Crippen LogP) is 2.65. The highest BCUT2D eigenvalue weighted by Gasteiger charge is 2.35. The quantitative estimate of drug-likeness (QED) is 0.699. The normalized spacial score (nSPS) is 19.2. The van der Waals surface area contributed by atoms with E-state index in [4.69, 9.17) is 14.2 Å². The van der Waals surface area contributed by atoms with E-state index in [0.717, 1.165) is 50.8 Å². The van der Waals surface area contributed by atoms with Crippen LogP contribution < -0.4 is 14.2 Å². The topological polar surface area (TPSA) is 68.3 Å². The Labute approximate surface area is 172 Å². The van der Waals surface area contributed by atoms with E-state index in [-0.39, 0.29) is 17.9 Å². The molecule has 7 nitrogen and oxygen atoms in total. The van der Waals surface area contributed by atoms with Crippen LogP contribution in [0, 0.1) is 0 Å². The largest absolute Gasteiger partial charge is 0.493 e. The third-order valence-corrected chi connectivity index (χ3v) is 5.88. The first-order valence-electron chi connectivity index (χ1n) is 10.5. The van der Waals surface area contributed by atoms with Crippen molar-refractivity contribution in [1.82, 2.24) is 9.80 Å². The van der Waals surface area contributed by atoms with Gasteiger partial charge in [-0.25, -0.2) is 0 Å². The molecule has 2 heterocycles. The molecule has 1 unspecified atom stereocenters. The average Bonchev–Trinajstić information content (AvgIpc) is 3.31. The number of piperidine rings is 1. The number of hydrogen-bond acceptors (Lipinski definition) is 5. The minimum absolute atomic E-state index is 0.0380. The van der Waals surface area contributed by atoms with Gasteiger partial charge in [0.15, 0.2) is 11.5 Å². The van der Waals surface area contributed by atoms with Crippen molar-refractivity contribution in [3.63, 3.8) is 0 Å². The lowest BCUT2D eigenvalue weighted by Gasteiger charge is -2.37. The van der Waals surface area contributed by atoms with Crippen molar-refractivity contribution in [1.29, 1.82) is 0 Å². The number of likely N-dealkylation sites (tertiary alicyclic amines) is 2. The van der Waals surface area contributed by atoms with Gasteiger partial charge in [-0.3, -0.25) is 9.59 Å². The minimum atomic E-state index is -0.297. The van der Waals surface area contributed by atoms with Gasteiger partial charge in [-0.15, -0.1) is 0 Å². The molecule has 2 aliphatic rings. The van der Waals surface area contributed by atoms with Gasteiger partial charge in [0.1, 0.15) is 6.04 Å². The summed E-state index contributed by atoms with van der Waals surface area (Å²) in [5, 5.41) is 0. The summed E-state index contributed by atoms with van der Waals surface area (Å²) < 4.78 is 16.2. The molecule has 1 aromatic carbocycles. The van der Waals surface area contributed by atoms with E-state index in [1.54, 1.807) is 21.3 Å². The zero-order valence-electron chi connectivity index (χ0n) is 17.7. The van der Waals surface area contributed by atoms with Crippen LogP contribution in [0.5, 0.6) is 17.2 Å². The molecule has 0 spiro atoms. The smallest absolute Gasteiger partial charge is 0.245 e. The SMILES string of the molecule is COc1cc(CCC(=O)N2CCCCC2C(=O)N2CCCC2)cc(OC)c1OC. The van der Waals surface area contributed by atoms with Crippen LogP contribution in [0.2, 0.25) is 0 Å². The van der Waals surface area contributed by atoms with Gasteiger partial charge in [0.05, 0.1) is 21.3 Å². The molecule has 0 bridgehead atoms. The first kappa shape index (κ1) is 21.3. The number of amides is 2. The van der Waals surface area contributed by atoms with Gasteiger partial charge in [-0.1, -0.05) is 0 Å². The number of benzene rings is 1. The molecule has 29 heavy (non-hydrogen) atoms. The van der Waals surface area contributed by atoms with E-state index >= 15 is 0 Å². The highest BCUT2D eigenvalue weighted by Crippen LogP contribution is 2.38. The van der Waals surface area contributed by atoms with Crippen LogP contribution in [0.4, 0.5) is 0 Å². The molecule has 0 saturated carbocycles. The molecule has 1 atom stereocenters. The molecule has 0 radical (unpaired) electrons. The predicted molar refractivity (Wildman–Crippen MR) is 110 cm³/mol. The summed E-state index contributed by atoms with van der Waals surface area (Å²) in [5.74, 6) is 1.86. The highest BCUT2D eigenvalue weighted by molar-refractivity contribution is 5.88. The van der Waals surface area contributed by atoms with E-state index in [9.17, 15) is 9.59 Å². The van der Waals surface area contributed by atoms with Crippen LogP contribution in [-0.4, -0.2) is 68.6 Å². The van der Waals surface area contributed by atoms with E-state index < -0.39 is 0 Å². The molecule has 3 rings (SSSR count). The summed E-state index contributed by atoms with van der Waals surface area (Å²) in [6.07, 6.45) is 5.76. The number of carbonyl (C=O) groups is 2. The maximum absolute atomic E-state index is 13.0. The highest BCUT2D eigenvalue weighted by atomic mass is 16.5. The van der Waals surface area contributed by atoms with Crippen molar-refractivity contribution < 1.29 is 23.8 Å². The van der Waals surface area contributed by atoms with Gasteiger partial charge < -0.3 is 24.0 Å². The molecular formula is C22H32N2O5. The molecule has 1 aromatic rings. The van der Waals surface area contributed by atoms with Crippen LogP contribution in [0.15, 0.2) is 12.1 Å². The van der Waals surface area contributed by atoms with Crippen molar-refractivity contribution in [3.05, 3.63) is 17.7 Å². The first-order valence-corrected chi connectivity index (χ1v) is 10.5. The zero-order valence-corrected chi connectivity index (χ0v) is 17.7. The van der Waals surface area contributed by atoms with Crippen molar-refractivity contribution >= 4 is 11.8 Å². The number of methoxy groups -OCH3 is 3. The van der Waals surface area contributed by atoms with E-state index in [0.29, 0.717) is 36.6 Å². The Bertz CT molecular complexity index is 705. The number of nitrogens with zero attached hydrogens (tertiary/aromatic N) is 2. The fraction of sp³-hybridized carbons (Fsp3) is 0.636. The number of aryl methyl sites for hydroxylation is 1. The van der Waals surface area contributed by atoms with Gasteiger partial charge in [-0.2, -0.15) is 0 Å². The second kappa shape index (κ2) is 9.85. The third kappa shape index (κ3) is 4.77. The summed E-state index contributed by atoms with van der Waals surface area (Å²) in [6.45, 7) is 2.31. The van der Waals surface area contributed by atoms with Gasteiger partial charge >= 0.3 is 0 Å². The second-order valence-corrected chi connectivity index (χ2v) is 7.66. The van der Waals surface area contributed by atoms with Gasteiger partial charge in [-0.05, 0) is 56.2 Å². The lowest BCUT2D eigenvalue weighted by molar-refractivity contribution is -0.147. The van der Waals surface area contributed by atoms with Crippen molar-refractivity contribution in [3.8, 4) is 17.2 Å². The lowest BCUT2D eigenvalue weighted by Crippen LogP contribution is -2.52. The molecule has 160 valence electrons. The van der Waals surface area contributed by atoms with E-state index in [1.165, 1.54) is 0 Å². The summed E-state index contributed by atoms with van der Waals surface area (Å²) in [7, 11) is 4.72. The standard InChI is InChI=1S/C22H32N2O5/c1-27-18-14-16(15-19(28-2)21(18)29-3)9-10-20(25)24-13-5-4-8-17(24)22(26)23-11-6-7-12-23/h14-15,17H,4-13H2,1-3H3.